The van der Waals surface area contributed by atoms with Gasteiger partial charge in [0.05, 0.1) is 24.1 Å². The zero-order valence-electron chi connectivity index (χ0n) is 13.4. The van der Waals surface area contributed by atoms with Crippen LogP contribution < -0.4 is 10.6 Å². The molecule has 0 saturated carbocycles. The average Bonchev–Trinajstić information content (AvgIpc) is 2.67. The quantitative estimate of drug-likeness (QED) is 0.710. The maximum Gasteiger partial charge on any atom is 0.270 e. The molecule has 0 bridgehead atoms. The highest BCUT2D eigenvalue weighted by Crippen LogP contribution is 2.12. The number of carbonyl (C=O) groups excluding carboxylic acids is 1. The van der Waals surface area contributed by atoms with Crippen molar-refractivity contribution in [2.75, 3.05) is 5.32 Å². The maximum absolute atomic E-state index is 12.1. The van der Waals surface area contributed by atoms with E-state index in [0.717, 1.165) is 16.9 Å². The largest absolute Gasteiger partial charge is 0.380 e. The predicted molar refractivity (Wildman–Crippen MR) is 98.4 cm³/mol. The fourth-order valence-electron chi connectivity index (χ4n) is 2.20. The molecule has 0 radical (unpaired) electrons. The second kappa shape index (κ2) is 8.26. The molecule has 5 nitrogen and oxygen atoms in total. The molecule has 25 heavy (non-hydrogen) atoms. The Morgan fingerprint density at radius 1 is 0.960 bits per heavy atom. The third kappa shape index (κ3) is 5.02. The zero-order valence-corrected chi connectivity index (χ0v) is 14.2. The molecule has 0 aliphatic rings. The van der Waals surface area contributed by atoms with Crippen molar-refractivity contribution in [1.29, 1.82) is 0 Å². The van der Waals surface area contributed by atoms with E-state index in [1.165, 1.54) is 0 Å². The molecule has 3 aromatic rings. The van der Waals surface area contributed by atoms with Crippen LogP contribution in [0.1, 0.15) is 21.7 Å². The van der Waals surface area contributed by atoms with Crippen molar-refractivity contribution in [2.45, 2.75) is 13.1 Å². The first kappa shape index (κ1) is 16.9. The van der Waals surface area contributed by atoms with E-state index in [0.29, 0.717) is 23.8 Å². The molecule has 0 unspecified atom stereocenters. The van der Waals surface area contributed by atoms with Crippen molar-refractivity contribution in [3.63, 3.8) is 0 Å². The molecule has 3 rings (SSSR count). The number of pyridine rings is 2. The summed E-state index contributed by atoms with van der Waals surface area (Å²) in [6.45, 7) is 1.03. The van der Waals surface area contributed by atoms with E-state index in [1.54, 1.807) is 18.5 Å². The Bertz CT molecular complexity index is 820. The van der Waals surface area contributed by atoms with Crippen LogP contribution in [0.25, 0.3) is 0 Å². The third-order valence-electron chi connectivity index (χ3n) is 3.56. The number of halogens is 1. The van der Waals surface area contributed by atoms with E-state index in [9.17, 15) is 4.79 Å². The highest BCUT2D eigenvalue weighted by molar-refractivity contribution is 6.30. The van der Waals surface area contributed by atoms with Gasteiger partial charge in [0.15, 0.2) is 0 Å². The van der Waals surface area contributed by atoms with E-state index in [2.05, 4.69) is 20.6 Å². The SMILES string of the molecule is O=C(NCc1ccccn1)c1ccc(NCc2ccc(Cl)cc2)cn1. The van der Waals surface area contributed by atoms with Crippen molar-refractivity contribution < 1.29 is 4.79 Å². The van der Waals surface area contributed by atoms with Crippen LogP contribution in [0.2, 0.25) is 5.02 Å². The first-order chi connectivity index (χ1) is 12.2. The van der Waals surface area contributed by atoms with Crippen LogP contribution in [0.3, 0.4) is 0 Å². The normalized spacial score (nSPS) is 10.3. The number of aromatic nitrogens is 2. The molecule has 6 heteroatoms. The second-order valence-electron chi connectivity index (χ2n) is 5.42. The van der Waals surface area contributed by atoms with Gasteiger partial charge in [-0.2, -0.15) is 0 Å². The Hall–Kier alpha value is -2.92. The number of rotatable bonds is 6. The van der Waals surface area contributed by atoms with Crippen molar-refractivity contribution in [1.82, 2.24) is 15.3 Å². The molecule has 0 saturated heterocycles. The van der Waals surface area contributed by atoms with E-state index in [4.69, 9.17) is 11.6 Å². The van der Waals surface area contributed by atoms with Gasteiger partial charge in [0.2, 0.25) is 0 Å². The van der Waals surface area contributed by atoms with Crippen LogP contribution in [0.4, 0.5) is 5.69 Å². The van der Waals surface area contributed by atoms with Crippen molar-refractivity contribution in [2.24, 2.45) is 0 Å². The van der Waals surface area contributed by atoms with Gasteiger partial charge in [-0.1, -0.05) is 29.8 Å². The predicted octanol–water partition coefficient (Wildman–Crippen LogP) is 3.67. The van der Waals surface area contributed by atoms with Crippen LogP contribution >= 0.6 is 11.6 Å². The van der Waals surface area contributed by atoms with Gasteiger partial charge in [0.1, 0.15) is 5.69 Å². The summed E-state index contributed by atoms with van der Waals surface area (Å²) >= 11 is 5.87. The molecule has 126 valence electrons. The average molecular weight is 353 g/mol. The lowest BCUT2D eigenvalue weighted by Gasteiger charge is -2.08. The highest BCUT2D eigenvalue weighted by atomic mass is 35.5. The van der Waals surface area contributed by atoms with Crippen molar-refractivity contribution in [3.8, 4) is 0 Å². The van der Waals surface area contributed by atoms with Crippen LogP contribution in [0.15, 0.2) is 67.0 Å². The topological polar surface area (TPSA) is 66.9 Å². The number of nitrogens with zero attached hydrogens (tertiary/aromatic N) is 2. The highest BCUT2D eigenvalue weighted by Gasteiger charge is 2.07. The fourth-order valence-corrected chi connectivity index (χ4v) is 2.33. The smallest absolute Gasteiger partial charge is 0.270 e. The van der Waals surface area contributed by atoms with Crippen LogP contribution in [-0.2, 0) is 13.1 Å². The molecule has 2 N–H and O–H groups in total. The summed E-state index contributed by atoms with van der Waals surface area (Å²) in [7, 11) is 0. The molecule has 0 fully saturated rings. The number of hydrogen-bond donors (Lipinski definition) is 2. The van der Waals surface area contributed by atoms with Crippen molar-refractivity contribution in [3.05, 3.63) is 89.0 Å². The monoisotopic (exact) mass is 352 g/mol. The molecule has 0 aliphatic heterocycles. The summed E-state index contributed by atoms with van der Waals surface area (Å²) in [5.74, 6) is -0.227. The number of amides is 1. The van der Waals surface area contributed by atoms with Gasteiger partial charge >= 0.3 is 0 Å². The molecule has 2 aromatic heterocycles. The third-order valence-corrected chi connectivity index (χ3v) is 3.81. The number of anilines is 1. The first-order valence-electron chi connectivity index (χ1n) is 7.83. The van der Waals surface area contributed by atoms with Gasteiger partial charge < -0.3 is 10.6 Å². The molecule has 0 atom stereocenters. The molecule has 0 spiro atoms. The Balaban J connectivity index is 1.52. The molecular formula is C19H17ClN4O. The molecule has 2 heterocycles. The summed E-state index contributed by atoms with van der Waals surface area (Å²) in [4.78, 5) is 20.5. The number of benzene rings is 1. The lowest BCUT2D eigenvalue weighted by atomic mass is 10.2. The van der Waals surface area contributed by atoms with E-state index in [-0.39, 0.29) is 5.91 Å². The lowest BCUT2D eigenvalue weighted by molar-refractivity contribution is 0.0945. The molecule has 1 aromatic carbocycles. The number of nitrogens with one attached hydrogen (secondary N) is 2. The molecule has 1 amide bonds. The Morgan fingerprint density at radius 2 is 1.80 bits per heavy atom. The minimum atomic E-state index is -0.227. The van der Waals surface area contributed by atoms with Crippen molar-refractivity contribution >= 4 is 23.2 Å². The summed E-state index contributed by atoms with van der Waals surface area (Å²) < 4.78 is 0. The van der Waals surface area contributed by atoms with E-state index < -0.39 is 0 Å². The number of carbonyl (C=O) groups is 1. The lowest BCUT2D eigenvalue weighted by Crippen LogP contribution is -2.24. The number of hydrogen-bond acceptors (Lipinski definition) is 4. The van der Waals surface area contributed by atoms with Gasteiger partial charge in [-0.3, -0.25) is 9.78 Å². The van der Waals surface area contributed by atoms with Gasteiger partial charge in [0, 0.05) is 17.8 Å². The minimum Gasteiger partial charge on any atom is -0.380 e. The van der Waals surface area contributed by atoms with Gasteiger partial charge in [-0.25, -0.2) is 4.98 Å². The van der Waals surface area contributed by atoms with E-state index in [1.807, 2.05) is 48.5 Å². The zero-order chi connectivity index (χ0) is 17.5. The summed E-state index contributed by atoms with van der Waals surface area (Å²) in [6.07, 6.45) is 3.34. The Labute approximate surface area is 151 Å². The minimum absolute atomic E-state index is 0.227. The van der Waals surface area contributed by atoms with Gasteiger partial charge in [-0.15, -0.1) is 0 Å². The van der Waals surface area contributed by atoms with Crippen LogP contribution in [-0.4, -0.2) is 15.9 Å². The Morgan fingerprint density at radius 3 is 2.48 bits per heavy atom. The van der Waals surface area contributed by atoms with E-state index >= 15 is 0 Å². The first-order valence-corrected chi connectivity index (χ1v) is 8.21. The Kier molecular flexibility index (Phi) is 5.59. The molecular weight excluding hydrogens is 336 g/mol. The van der Waals surface area contributed by atoms with Gasteiger partial charge in [0.25, 0.3) is 5.91 Å². The fraction of sp³-hybridized carbons (Fsp3) is 0.105. The maximum atomic E-state index is 12.1. The van der Waals surface area contributed by atoms with Crippen LogP contribution in [0, 0.1) is 0 Å². The summed E-state index contributed by atoms with van der Waals surface area (Å²) in [5, 5.41) is 6.77. The summed E-state index contributed by atoms with van der Waals surface area (Å²) in [5.41, 5.74) is 3.13. The standard InChI is InChI=1S/C19H17ClN4O/c20-15-6-4-14(5-7-15)11-22-17-8-9-18(23-12-17)19(25)24-13-16-3-1-2-10-21-16/h1-10,12,22H,11,13H2,(H,24,25). The molecule has 0 aliphatic carbocycles. The van der Waals surface area contributed by atoms with Crippen LogP contribution in [0.5, 0.6) is 0 Å². The van der Waals surface area contributed by atoms with Gasteiger partial charge in [-0.05, 0) is 42.0 Å². The summed E-state index contributed by atoms with van der Waals surface area (Å²) in [6, 6.07) is 16.7. The second-order valence-corrected chi connectivity index (χ2v) is 5.85.